The Morgan fingerprint density at radius 3 is 2.52 bits per heavy atom. The monoisotopic (exact) mass is 286 g/mol. The normalized spacial score (nSPS) is 11.0. The second-order valence-corrected chi connectivity index (χ2v) is 4.97. The smallest absolute Gasteiger partial charge is 0.152 e. The van der Waals surface area contributed by atoms with Gasteiger partial charge in [0.25, 0.3) is 0 Å². The summed E-state index contributed by atoms with van der Waals surface area (Å²) in [5, 5.41) is 13.7. The number of halogens is 1. The van der Waals surface area contributed by atoms with Crippen LogP contribution in [0.5, 0.6) is 5.75 Å². The standard InChI is InChI=1S/C15H15FN4O/c1-9-6-15(19-10(2)8-17-11(19)3)20(18-9)14-5-4-12(21)7-13(14)16/h4-8,21H,1-3H3. The van der Waals surface area contributed by atoms with Crippen molar-refractivity contribution in [3.8, 4) is 17.3 Å². The Kier molecular flexibility index (Phi) is 3.01. The minimum absolute atomic E-state index is 0.114. The molecule has 0 saturated heterocycles. The molecule has 6 heteroatoms. The summed E-state index contributed by atoms with van der Waals surface area (Å²) >= 11 is 0. The van der Waals surface area contributed by atoms with Crippen molar-refractivity contribution in [2.75, 3.05) is 0 Å². The third kappa shape index (κ3) is 2.18. The minimum Gasteiger partial charge on any atom is -0.508 e. The lowest BCUT2D eigenvalue weighted by molar-refractivity contribution is 0.468. The van der Waals surface area contributed by atoms with Gasteiger partial charge in [0.1, 0.15) is 23.1 Å². The SMILES string of the molecule is Cc1cc(-n2c(C)cnc2C)n(-c2ccc(O)cc2F)n1. The van der Waals surface area contributed by atoms with Gasteiger partial charge in [0.15, 0.2) is 5.82 Å². The van der Waals surface area contributed by atoms with E-state index >= 15 is 0 Å². The van der Waals surface area contributed by atoms with E-state index in [0.717, 1.165) is 23.3 Å². The van der Waals surface area contributed by atoms with Gasteiger partial charge in [-0.05, 0) is 32.9 Å². The molecule has 3 aromatic rings. The zero-order valence-corrected chi connectivity index (χ0v) is 12.0. The van der Waals surface area contributed by atoms with E-state index in [9.17, 15) is 9.50 Å². The van der Waals surface area contributed by atoms with E-state index in [0.29, 0.717) is 5.82 Å². The van der Waals surface area contributed by atoms with Crippen LogP contribution in [0.15, 0.2) is 30.5 Å². The number of aryl methyl sites for hydroxylation is 3. The summed E-state index contributed by atoms with van der Waals surface area (Å²) in [4.78, 5) is 4.26. The first kappa shape index (κ1) is 13.4. The summed E-state index contributed by atoms with van der Waals surface area (Å²) < 4.78 is 17.6. The molecule has 1 N–H and O–H groups in total. The maximum absolute atomic E-state index is 14.1. The highest BCUT2D eigenvalue weighted by atomic mass is 19.1. The van der Waals surface area contributed by atoms with Crippen LogP contribution in [0.3, 0.4) is 0 Å². The maximum atomic E-state index is 14.1. The van der Waals surface area contributed by atoms with Crippen molar-refractivity contribution in [1.29, 1.82) is 0 Å². The van der Waals surface area contributed by atoms with Gasteiger partial charge in [-0.15, -0.1) is 0 Å². The molecule has 0 spiro atoms. The van der Waals surface area contributed by atoms with E-state index in [-0.39, 0.29) is 11.4 Å². The van der Waals surface area contributed by atoms with E-state index in [1.54, 1.807) is 6.20 Å². The number of phenols is 1. The maximum Gasteiger partial charge on any atom is 0.152 e. The van der Waals surface area contributed by atoms with Gasteiger partial charge in [-0.1, -0.05) is 0 Å². The summed E-state index contributed by atoms with van der Waals surface area (Å²) in [7, 11) is 0. The molecule has 0 saturated carbocycles. The largest absolute Gasteiger partial charge is 0.508 e. The van der Waals surface area contributed by atoms with Crippen molar-refractivity contribution in [2.45, 2.75) is 20.8 Å². The van der Waals surface area contributed by atoms with Gasteiger partial charge in [-0.2, -0.15) is 5.10 Å². The van der Waals surface area contributed by atoms with Crippen molar-refractivity contribution in [3.05, 3.63) is 53.5 Å². The first-order chi connectivity index (χ1) is 9.97. The second-order valence-electron chi connectivity index (χ2n) is 4.97. The summed E-state index contributed by atoms with van der Waals surface area (Å²) in [6, 6.07) is 5.88. The van der Waals surface area contributed by atoms with Crippen LogP contribution in [0.1, 0.15) is 17.2 Å². The van der Waals surface area contributed by atoms with Crippen molar-refractivity contribution in [1.82, 2.24) is 19.3 Å². The zero-order valence-electron chi connectivity index (χ0n) is 12.0. The van der Waals surface area contributed by atoms with Crippen LogP contribution in [-0.4, -0.2) is 24.4 Å². The number of aromatic hydroxyl groups is 1. The van der Waals surface area contributed by atoms with Gasteiger partial charge in [0.2, 0.25) is 0 Å². The molecule has 0 aliphatic heterocycles. The molecule has 5 nitrogen and oxygen atoms in total. The average Bonchev–Trinajstić information content (AvgIpc) is 2.93. The van der Waals surface area contributed by atoms with E-state index in [1.807, 2.05) is 31.4 Å². The molecule has 0 bridgehead atoms. The fourth-order valence-electron chi connectivity index (χ4n) is 2.39. The molecule has 0 aliphatic rings. The highest BCUT2D eigenvalue weighted by Crippen LogP contribution is 2.23. The molecule has 1 aromatic carbocycles. The molecule has 0 aliphatic carbocycles. The summed E-state index contributed by atoms with van der Waals surface area (Å²) in [5.74, 6) is 0.865. The van der Waals surface area contributed by atoms with Gasteiger partial charge in [0.05, 0.1) is 5.69 Å². The van der Waals surface area contributed by atoms with Crippen molar-refractivity contribution < 1.29 is 9.50 Å². The van der Waals surface area contributed by atoms with Crippen LogP contribution in [0.2, 0.25) is 0 Å². The lowest BCUT2D eigenvalue weighted by atomic mass is 10.3. The Balaban J connectivity index is 2.26. The van der Waals surface area contributed by atoms with Crippen LogP contribution >= 0.6 is 0 Å². The molecular formula is C15H15FN4O. The van der Waals surface area contributed by atoms with E-state index in [1.165, 1.54) is 16.8 Å². The highest BCUT2D eigenvalue weighted by Gasteiger charge is 2.16. The molecule has 0 unspecified atom stereocenters. The lowest BCUT2D eigenvalue weighted by Gasteiger charge is -2.12. The molecule has 0 atom stereocenters. The number of hydrogen-bond donors (Lipinski definition) is 1. The van der Waals surface area contributed by atoms with Crippen LogP contribution in [0.4, 0.5) is 4.39 Å². The summed E-state index contributed by atoms with van der Waals surface area (Å²) in [5.41, 5.74) is 1.99. The molecule has 0 radical (unpaired) electrons. The molecular weight excluding hydrogens is 271 g/mol. The van der Waals surface area contributed by atoms with Gasteiger partial charge in [-0.25, -0.2) is 14.1 Å². The quantitative estimate of drug-likeness (QED) is 0.788. The van der Waals surface area contributed by atoms with E-state index < -0.39 is 5.82 Å². The molecule has 2 aromatic heterocycles. The molecule has 21 heavy (non-hydrogen) atoms. The van der Waals surface area contributed by atoms with Crippen LogP contribution in [-0.2, 0) is 0 Å². The first-order valence-electron chi connectivity index (χ1n) is 6.54. The van der Waals surface area contributed by atoms with Crippen molar-refractivity contribution in [2.24, 2.45) is 0 Å². The number of imidazole rings is 1. The second kappa shape index (κ2) is 4.73. The Labute approximate surface area is 121 Å². The van der Waals surface area contributed by atoms with Gasteiger partial charge in [-0.3, -0.25) is 4.57 Å². The van der Waals surface area contributed by atoms with Gasteiger partial charge >= 0.3 is 0 Å². The van der Waals surface area contributed by atoms with Gasteiger partial charge < -0.3 is 5.11 Å². The third-order valence-corrected chi connectivity index (χ3v) is 3.32. The van der Waals surface area contributed by atoms with Crippen LogP contribution < -0.4 is 0 Å². The number of aromatic nitrogens is 4. The Hall–Kier alpha value is -2.63. The molecule has 108 valence electrons. The topological polar surface area (TPSA) is 55.9 Å². The third-order valence-electron chi connectivity index (χ3n) is 3.32. The number of nitrogens with zero attached hydrogens (tertiary/aromatic N) is 4. The lowest BCUT2D eigenvalue weighted by Crippen LogP contribution is -2.09. The first-order valence-corrected chi connectivity index (χ1v) is 6.54. The highest BCUT2D eigenvalue weighted by molar-refractivity contribution is 5.44. The predicted molar refractivity (Wildman–Crippen MR) is 76.5 cm³/mol. The van der Waals surface area contributed by atoms with Crippen molar-refractivity contribution >= 4 is 0 Å². The number of phenolic OH excluding ortho intramolecular Hbond substituents is 1. The minimum atomic E-state index is -0.533. The van der Waals surface area contributed by atoms with Crippen LogP contribution in [0, 0.1) is 26.6 Å². The molecule has 0 amide bonds. The number of rotatable bonds is 2. The number of hydrogen-bond acceptors (Lipinski definition) is 3. The van der Waals surface area contributed by atoms with E-state index in [4.69, 9.17) is 0 Å². The molecule has 0 fully saturated rings. The zero-order chi connectivity index (χ0) is 15.1. The predicted octanol–water partition coefficient (Wildman–Crippen LogP) is 2.83. The average molecular weight is 286 g/mol. The fraction of sp³-hybridized carbons (Fsp3) is 0.200. The van der Waals surface area contributed by atoms with Gasteiger partial charge in [0, 0.05) is 24.0 Å². The van der Waals surface area contributed by atoms with Crippen LogP contribution in [0.25, 0.3) is 11.5 Å². The summed E-state index contributed by atoms with van der Waals surface area (Å²) in [6.45, 7) is 5.66. The Morgan fingerprint density at radius 2 is 1.90 bits per heavy atom. The Morgan fingerprint density at radius 1 is 1.14 bits per heavy atom. The summed E-state index contributed by atoms with van der Waals surface area (Å²) in [6.07, 6.45) is 1.76. The molecule has 2 heterocycles. The van der Waals surface area contributed by atoms with E-state index in [2.05, 4.69) is 10.1 Å². The van der Waals surface area contributed by atoms with Crippen molar-refractivity contribution in [3.63, 3.8) is 0 Å². The number of benzene rings is 1. The Bertz CT molecular complexity index is 800. The molecule has 3 rings (SSSR count). The fourth-order valence-corrected chi connectivity index (χ4v) is 2.39.